The summed E-state index contributed by atoms with van der Waals surface area (Å²) >= 11 is 0. The number of rotatable bonds is 2. The van der Waals surface area contributed by atoms with Gasteiger partial charge < -0.3 is 4.52 Å². The van der Waals surface area contributed by atoms with Gasteiger partial charge in [0, 0.05) is 23.5 Å². The van der Waals surface area contributed by atoms with E-state index in [1.54, 1.807) is 18.6 Å². The minimum absolute atomic E-state index is 0.804. The zero-order valence-corrected chi connectivity index (χ0v) is 10.9. The molecule has 0 aliphatic heterocycles. The maximum atomic E-state index is 5.44. The number of aromatic nitrogens is 2. The van der Waals surface area contributed by atoms with E-state index in [0.29, 0.717) is 0 Å². The van der Waals surface area contributed by atoms with Crippen LogP contribution in [0.15, 0.2) is 53.4 Å². The van der Waals surface area contributed by atoms with Crippen molar-refractivity contribution in [3.8, 4) is 22.5 Å². The Kier molecular flexibility index (Phi) is 2.88. The number of aryl methyl sites for hydroxylation is 2. The molecule has 0 N–H and O–H groups in total. The van der Waals surface area contributed by atoms with Gasteiger partial charge in [-0.15, -0.1) is 0 Å². The average Bonchev–Trinajstić information content (AvgIpc) is 2.88. The van der Waals surface area contributed by atoms with E-state index in [9.17, 15) is 0 Å². The maximum absolute atomic E-state index is 5.44. The lowest BCUT2D eigenvalue weighted by Gasteiger charge is -2.04. The highest BCUT2D eigenvalue weighted by atomic mass is 16.5. The first-order chi connectivity index (χ1) is 9.24. The van der Waals surface area contributed by atoms with Crippen molar-refractivity contribution in [3.05, 3.63) is 60.0 Å². The first-order valence-corrected chi connectivity index (χ1v) is 6.18. The molecule has 2 aromatic heterocycles. The van der Waals surface area contributed by atoms with Gasteiger partial charge >= 0.3 is 0 Å². The normalized spacial score (nSPS) is 10.6. The molecule has 0 saturated carbocycles. The van der Waals surface area contributed by atoms with Crippen LogP contribution in [0, 0.1) is 13.8 Å². The fourth-order valence-electron chi connectivity index (χ4n) is 2.29. The average molecular weight is 250 g/mol. The molecule has 0 fully saturated rings. The van der Waals surface area contributed by atoms with Crippen LogP contribution < -0.4 is 0 Å². The highest BCUT2D eigenvalue weighted by Crippen LogP contribution is 2.32. The molecular formula is C16H14N2O. The van der Waals surface area contributed by atoms with E-state index in [1.807, 2.05) is 12.1 Å². The van der Waals surface area contributed by atoms with E-state index in [-0.39, 0.29) is 0 Å². The molecule has 3 rings (SSSR count). The van der Waals surface area contributed by atoms with Crippen LogP contribution in [0.2, 0.25) is 0 Å². The Morgan fingerprint density at radius 3 is 2.26 bits per heavy atom. The van der Waals surface area contributed by atoms with E-state index in [1.165, 1.54) is 11.1 Å². The van der Waals surface area contributed by atoms with Crippen molar-refractivity contribution in [1.82, 2.24) is 10.1 Å². The molecule has 19 heavy (non-hydrogen) atoms. The van der Waals surface area contributed by atoms with Crippen LogP contribution in [-0.4, -0.2) is 10.1 Å². The van der Waals surface area contributed by atoms with Crippen LogP contribution in [0.1, 0.15) is 11.1 Å². The Morgan fingerprint density at radius 2 is 1.58 bits per heavy atom. The summed E-state index contributed by atoms with van der Waals surface area (Å²) in [5, 5.41) is 3.94. The third-order valence-corrected chi connectivity index (χ3v) is 3.05. The first kappa shape index (κ1) is 11.7. The second-order valence-corrected chi connectivity index (χ2v) is 4.68. The van der Waals surface area contributed by atoms with Gasteiger partial charge in [-0.3, -0.25) is 4.98 Å². The van der Waals surface area contributed by atoms with Crippen LogP contribution >= 0.6 is 0 Å². The fraction of sp³-hybridized carbons (Fsp3) is 0.125. The van der Waals surface area contributed by atoms with Crippen LogP contribution in [0.3, 0.4) is 0 Å². The lowest BCUT2D eigenvalue weighted by Crippen LogP contribution is -1.84. The van der Waals surface area contributed by atoms with Crippen molar-refractivity contribution >= 4 is 0 Å². The quantitative estimate of drug-likeness (QED) is 0.689. The van der Waals surface area contributed by atoms with E-state index >= 15 is 0 Å². The smallest absolute Gasteiger partial charge is 0.174 e. The van der Waals surface area contributed by atoms with Crippen molar-refractivity contribution in [2.75, 3.05) is 0 Å². The van der Waals surface area contributed by atoms with E-state index in [2.05, 4.69) is 42.2 Å². The van der Waals surface area contributed by atoms with Gasteiger partial charge in [0.25, 0.3) is 0 Å². The molecule has 0 atom stereocenters. The molecule has 2 heterocycles. The summed E-state index contributed by atoms with van der Waals surface area (Å²) in [7, 11) is 0. The van der Waals surface area contributed by atoms with Crippen molar-refractivity contribution in [3.63, 3.8) is 0 Å². The summed E-state index contributed by atoms with van der Waals surface area (Å²) in [4.78, 5) is 4.03. The van der Waals surface area contributed by atoms with Gasteiger partial charge in [0.15, 0.2) is 5.76 Å². The Labute approximate surface area is 111 Å². The number of benzene rings is 1. The Hall–Kier alpha value is -2.42. The van der Waals surface area contributed by atoms with Crippen LogP contribution in [0.4, 0.5) is 0 Å². The summed E-state index contributed by atoms with van der Waals surface area (Å²) in [6, 6.07) is 10.3. The standard InChI is InChI=1S/C16H14N2O/c1-11-7-12(2)9-14(8-11)16-15(10-18-19-16)13-3-5-17-6-4-13/h3-10H,1-2H3. The minimum Gasteiger partial charge on any atom is -0.356 e. The van der Waals surface area contributed by atoms with E-state index in [4.69, 9.17) is 4.52 Å². The molecule has 0 amide bonds. The Balaban J connectivity index is 2.15. The fourth-order valence-corrected chi connectivity index (χ4v) is 2.29. The van der Waals surface area contributed by atoms with Crippen molar-refractivity contribution in [2.24, 2.45) is 0 Å². The van der Waals surface area contributed by atoms with Gasteiger partial charge in [-0.25, -0.2) is 0 Å². The summed E-state index contributed by atoms with van der Waals surface area (Å²) in [6.07, 6.45) is 5.30. The molecule has 0 radical (unpaired) electrons. The zero-order chi connectivity index (χ0) is 13.2. The summed E-state index contributed by atoms with van der Waals surface area (Å²) < 4.78 is 5.44. The molecule has 3 aromatic rings. The number of hydrogen-bond acceptors (Lipinski definition) is 3. The van der Waals surface area contributed by atoms with Crippen LogP contribution in [0.25, 0.3) is 22.5 Å². The summed E-state index contributed by atoms with van der Waals surface area (Å²) in [5.74, 6) is 0.804. The molecule has 0 bridgehead atoms. The predicted octanol–water partition coefficient (Wildman–Crippen LogP) is 4.02. The second-order valence-electron chi connectivity index (χ2n) is 4.68. The second kappa shape index (κ2) is 4.69. The molecule has 3 heteroatoms. The highest BCUT2D eigenvalue weighted by molar-refractivity contribution is 5.79. The molecule has 0 unspecified atom stereocenters. The minimum atomic E-state index is 0.804. The van der Waals surface area contributed by atoms with Crippen molar-refractivity contribution in [1.29, 1.82) is 0 Å². The SMILES string of the molecule is Cc1cc(C)cc(-c2oncc2-c2ccncc2)c1. The lowest BCUT2D eigenvalue weighted by atomic mass is 10.0. The molecule has 0 aliphatic carbocycles. The predicted molar refractivity (Wildman–Crippen MR) is 74.6 cm³/mol. The maximum Gasteiger partial charge on any atom is 0.174 e. The molecule has 3 nitrogen and oxygen atoms in total. The molecule has 94 valence electrons. The molecular weight excluding hydrogens is 236 g/mol. The summed E-state index contributed by atoms with van der Waals surface area (Å²) in [6.45, 7) is 4.16. The van der Waals surface area contributed by atoms with Crippen molar-refractivity contribution < 1.29 is 4.52 Å². The topological polar surface area (TPSA) is 38.9 Å². The van der Waals surface area contributed by atoms with Gasteiger partial charge in [-0.2, -0.15) is 0 Å². The largest absolute Gasteiger partial charge is 0.356 e. The van der Waals surface area contributed by atoms with Gasteiger partial charge in [0.1, 0.15) is 0 Å². The van der Waals surface area contributed by atoms with Gasteiger partial charge in [-0.05, 0) is 43.7 Å². The molecule has 0 saturated heterocycles. The number of nitrogens with zero attached hydrogens (tertiary/aromatic N) is 2. The van der Waals surface area contributed by atoms with Crippen LogP contribution in [0.5, 0.6) is 0 Å². The van der Waals surface area contributed by atoms with Crippen molar-refractivity contribution in [2.45, 2.75) is 13.8 Å². The monoisotopic (exact) mass is 250 g/mol. The highest BCUT2D eigenvalue weighted by Gasteiger charge is 2.13. The van der Waals surface area contributed by atoms with Gasteiger partial charge in [0.05, 0.1) is 6.20 Å². The van der Waals surface area contributed by atoms with E-state index < -0.39 is 0 Å². The molecule has 0 aliphatic rings. The number of hydrogen-bond donors (Lipinski definition) is 0. The van der Waals surface area contributed by atoms with Gasteiger partial charge in [0.2, 0.25) is 0 Å². The molecule has 0 spiro atoms. The lowest BCUT2D eigenvalue weighted by molar-refractivity contribution is 0.432. The first-order valence-electron chi connectivity index (χ1n) is 6.18. The van der Waals surface area contributed by atoms with Crippen LogP contribution in [-0.2, 0) is 0 Å². The summed E-state index contributed by atoms with van der Waals surface area (Å²) in [5.41, 5.74) is 5.54. The van der Waals surface area contributed by atoms with Gasteiger partial charge in [-0.1, -0.05) is 22.3 Å². The Morgan fingerprint density at radius 1 is 0.895 bits per heavy atom. The number of pyridine rings is 1. The molecule has 1 aromatic carbocycles. The Bertz CT molecular complexity index is 682. The third-order valence-electron chi connectivity index (χ3n) is 3.05. The third kappa shape index (κ3) is 2.27. The van der Waals surface area contributed by atoms with E-state index in [0.717, 1.165) is 22.5 Å². The zero-order valence-electron chi connectivity index (χ0n) is 10.9.